The molecular weight excluding hydrogens is 295 g/mol. The van der Waals surface area contributed by atoms with Crippen LogP contribution in [0.2, 0.25) is 0 Å². The lowest BCUT2D eigenvalue weighted by Crippen LogP contribution is -2.18. The highest BCUT2D eigenvalue weighted by Gasteiger charge is 2.21. The zero-order valence-corrected chi connectivity index (χ0v) is 13.0. The molecule has 1 heterocycles. The van der Waals surface area contributed by atoms with Crippen molar-refractivity contribution in [3.05, 3.63) is 59.0 Å². The SMILES string of the molecule is CCOC(=O)c1ccc(NC2CCCc3ccc(F)cc32)nc1. The molecule has 5 heteroatoms. The van der Waals surface area contributed by atoms with Crippen LogP contribution in [0.1, 0.15) is 47.3 Å². The second-order valence-electron chi connectivity index (χ2n) is 5.58. The summed E-state index contributed by atoms with van der Waals surface area (Å²) in [7, 11) is 0. The van der Waals surface area contributed by atoms with E-state index in [9.17, 15) is 9.18 Å². The molecule has 1 aliphatic carbocycles. The van der Waals surface area contributed by atoms with Crippen LogP contribution >= 0.6 is 0 Å². The minimum absolute atomic E-state index is 0.0374. The molecule has 0 radical (unpaired) electrons. The fourth-order valence-electron chi connectivity index (χ4n) is 2.91. The number of nitrogens with zero attached hydrogens (tertiary/aromatic N) is 1. The molecule has 1 aromatic heterocycles. The number of benzene rings is 1. The number of carbonyl (C=O) groups excluding carboxylic acids is 1. The number of rotatable bonds is 4. The number of nitrogens with one attached hydrogen (secondary N) is 1. The summed E-state index contributed by atoms with van der Waals surface area (Å²) in [5, 5.41) is 3.33. The first-order valence-electron chi connectivity index (χ1n) is 7.85. The molecule has 3 rings (SSSR count). The van der Waals surface area contributed by atoms with Crippen LogP contribution in [0.3, 0.4) is 0 Å². The third kappa shape index (κ3) is 3.50. The van der Waals surface area contributed by atoms with Crippen molar-refractivity contribution in [3.8, 4) is 0 Å². The van der Waals surface area contributed by atoms with Crippen LogP contribution in [0.5, 0.6) is 0 Å². The van der Waals surface area contributed by atoms with Gasteiger partial charge in [0.2, 0.25) is 0 Å². The normalized spacial score (nSPS) is 16.5. The smallest absolute Gasteiger partial charge is 0.339 e. The van der Waals surface area contributed by atoms with E-state index in [0.29, 0.717) is 18.0 Å². The molecule has 0 spiro atoms. The van der Waals surface area contributed by atoms with Crippen molar-refractivity contribution in [2.45, 2.75) is 32.2 Å². The number of halogens is 1. The Morgan fingerprint density at radius 3 is 3.00 bits per heavy atom. The molecule has 23 heavy (non-hydrogen) atoms. The van der Waals surface area contributed by atoms with Crippen LogP contribution in [0.15, 0.2) is 36.5 Å². The van der Waals surface area contributed by atoms with E-state index < -0.39 is 0 Å². The van der Waals surface area contributed by atoms with Gasteiger partial charge in [0, 0.05) is 6.20 Å². The quantitative estimate of drug-likeness (QED) is 0.870. The molecular formula is C18H19FN2O2. The maximum absolute atomic E-state index is 13.5. The number of carbonyl (C=O) groups is 1. The Balaban J connectivity index is 1.76. The van der Waals surface area contributed by atoms with Gasteiger partial charge in [0.1, 0.15) is 11.6 Å². The third-order valence-corrected chi connectivity index (χ3v) is 4.02. The highest BCUT2D eigenvalue weighted by atomic mass is 19.1. The molecule has 1 unspecified atom stereocenters. The van der Waals surface area contributed by atoms with E-state index in [0.717, 1.165) is 24.8 Å². The molecule has 1 aliphatic rings. The largest absolute Gasteiger partial charge is 0.462 e. The van der Waals surface area contributed by atoms with E-state index in [2.05, 4.69) is 10.3 Å². The minimum Gasteiger partial charge on any atom is -0.462 e. The Morgan fingerprint density at radius 2 is 2.26 bits per heavy atom. The maximum Gasteiger partial charge on any atom is 0.339 e. The number of aryl methyl sites for hydroxylation is 1. The van der Waals surface area contributed by atoms with Gasteiger partial charge in [-0.05, 0) is 61.6 Å². The summed E-state index contributed by atoms with van der Waals surface area (Å²) < 4.78 is 18.5. The van der Waals surface area contributed by atoms with Gasteiger partial charge in [-0.3, -0.25) is 0 Å². The van der Waals surface area contributed by atoms with Gasteiger partial charge in [-0.2, -0.15) is 0 Å². The van der Waals surface area contributed by atoms with Gasteiger partial charge in [-0.1, -0.05) is 6.07 Å². The molecule has 0 saturated heterocycles. The first kappa shape index (κ1) is 15.5. The first-order valence-corrected chi connectivity index (χ1v) is 7.85. The predicted octanol–water partition coefficient (Wildman–Crippen LogP) is 3.89. The van der Waals surface area contributed by atoms with Crippen molar-refractivity contribution in [3.63, 3.8) is 0 Å². The number of hydrogen-bond acceptors (Lipinski definition) is 4. The highest BCUT2D eigenvalue weighted by Crippen LogP contribution is 2.32. The molecule has 4 nitrogen and oxygen atoms in total. The third-order valence-electron chi connectivity index (χ3n) is 4.02. The second kappa shape index (κ2) is 6.77. The highest BCUT2D eigenvalue weighted by molar-refractivity contribution is 5.89. The van der Waals surface area contributed by atoms with E-state index in [4.69, 9.17) is 4.74 Å². The summed E-state index contributed by atoms with van der Waals surface area (Å²) in [6.45, 7) is 2.10. The van der Waals surface area contributed by atoms with Gasteiger partial charge in [-0.15, -0.1) is 0 Å². The molecule has 0 aliphatic heterocycles. The predicted molar refractivity (Wildman–Crippen MR) is 85.9 cm³/mol. The Bertz CT molecular complexity index is 701. The van der Waals surface area contributed by atoms with Gasteiger partial charge in [0.05, 0.1) is 18.2 Å². The standard InChI is InChI=1S/C18H19FN2O2/c1-2-23-18(22)13-7-9-17(20-11-13)21-16-5-3-4-12-6-8-14(19)10-15(12)16/h6-11,16H,2-5H2,1H3,(H,20,21). The maximum atomic E-state index is 13.5. The lowest BCUT2D eigenvalue weighted by molar-refractivity contribution is 0.0526. The fraction of sp³-hybridized carbons (Fsp3) is 0.333. The van der Waals surface area contributed by atoms with Crippen LogP contribution in [0.4, 0.5) is 10.2 Å². The van der Waals surface area contributed by atoms with Gasteiger partial charge >= 0.3 is 5.97 Å². The Kier molecular flexibility index (Phi) is 4.55. The lowest BCUT2D eigenvalue weighted by atomic mass is 9.87. The van der Waals surface area contributed by atoms with Crippen molar-refractivity contribution < 1.29 is 13.9 Å². The van der Waals surface area contributed by atoms with Crippen LogP contribution < -0.4 is 5.32 Å². The number of hydrogen-bond donors (Lipinski definition) is 1. The fourth-order valence-corrected chi connectivity index (χ4v) is 2.91. The Hall–Kier alpha value is -2.43. The van der Waals surface area contributed by atoms with Crippen molar-refractivity contribution in [1.82, 2.24) is 4.98 Å². The zero-order valence-electron chi connectivity index (χ0n) is 13.0. The zero-order chi connectivity index (χ0) is 16.2. The van der Waals surface area contributed by atoms with E-state index in [1.165, 1.54) is 17.8 Å². The number of fused-ring (bicyclic) bond motifs is 1. The number of esters is 1. The molecule has 2 aromatic rings. The summed E-state index contributed by atoms with van der Waals surface area (Å²) in [4.78, 5) is 15.9. The van der Waals surface area contributed by atoms with E-state index in [1.54, 1.807) is 25.1 Å². The van der Waals surface area contributed by atoms with Gasteiger partial charge in [-0.25, -0.2) is 14.2 Å². The van der Waals surface area contributed by atoms with Crippen molar-refractivity contribution >= 4 is 11.8 Å². The molecule has 1 aromatic carbocycles. The number of pyridine rings is 1. The van der Waals surface area contributed by atoms with Crippen LogP contribution in [0.25, 0.3) is 0 Å². The van der Waals surface area contributed by atoms with Crippen LogP contribution in [-0.2, 0) is 11.2 Å². The number of aromatic nitrogens is 1. The minimum atomic E-state index is -0.378. The molecule has 0 saturated carbocycles. The summed E-state index contributed by atoms with van der Waals surface area (Å²) in [5.74, 6) is 0.0693. The van der Waals surface area contributed by atoms with Gasteiger partial charge < -0.3 is 10.1 Å². The molecule has 0 amide bonds. The number of ether oxygens (including phenoxy) is 1. The molecule has 1 N–H and O–H groups in total. The van der Waals surface area contributed by atoms with E-state index >= 15 is 0 Å². The monoisotopic (exact) mass is 314 g/mol. The molecule has 0 fully saturated rings. The Morgan fingerprint density at radius 1 is 1.39 bits per heavy atom. The van der Waals surface area contributed by atoms with E-state index in [-0.39, 0.29) is 17.8 Å². The summed E-state index contributed by atoms with van der Waals surface area (Å²) >= 11 is 0. The van der Waals surface area contributed by atoms with Crippen molar-refractivity contribution in [1.29, 1.82) is 0 Å². The van der Waals surface area contributed by atoms with Crippen LogP contribution in [-0.4, -0.2) is 17.6 Å². The van der Waals surface area contributed by atoms with E-state index in [1.807, 2.05) is 6.07 Å². The first-order chi connectivity index (χ1) is 11.2. The topological polar surface area (TPSA) is 51.2 Å². The van der Waals surface area contributed by atoms with Crippen LogP contribution in [0, 0.1) is 5.82 Å². The molecule has 120 valence electrons. The summed E-state index contributed by atoms with van der Waals surface area (Å²) in [6.07, 6.45) is 4.45. The molecule has 0 bridgehead atoms. The average molecular weight is 314 g/mol. The number of anilines is 1. The van der Waals surface area contributed by atoms with Crippen molar-refractivity contribution in [2.75, 3.05) is 11.9 Å². The lowest BCUT2D eigenvalue weighted by Gasteiger charge is -2.26. The van der Waals surface area contributed by atoms with Gasteiger partial charge in [0.25, 0.3) is 0 Å². The van der Waals surface area contributed by atoms with Gasteiger partial charge in [0.15, 0.2) is 0 Å². The summed E-state index contributed by atoms with van der Waals surface area (Å²) in [6, 6.07) is 8.43. The van der Waals surface area contributed by atoms with Crippen molar-refractivity contribution in [2.24, 2.45) is 0 Å². The average Bonchev–Trinajstić information content (AvgIpc) is 2.56. The second-order valence-corrected chi connectivity index (χ2v) is 5.58. The molecule has 1 atom stereocenters. The Labute approximate surface area is 134 Å². The summed E-state index contributed by atoms with van der Waals surface area (Å²) in [5.41, 5.74) is 2.60.